The second-order valence-electron chi connectivity index (χ2n) is 7.46. The molecule has 30 heavy (non-hydrogen) atoms. The van der Waals surface area contributed by atoms with Gasteiger partial charge in [0.05, 0.1) is 23.7 Å². The maximum atomic E-state index is 14.2. The number of aliphatic imine (C=N–C) groups is 2. The molecule has 1 aromatic carbocycles. The molecule has 0 aromatic heterocycles. The number of aliphatic hydroxyl groups excluding tert-OH is 1. The van der Waals surface area contributed by atoms with Crippen LogP contribution < -0.4 is 11.5 Å². The molecule has 0 amide bonds. The van der Waals surface area contributed by atoms with E-state index in [2.05, 4.69) is 9.98 Å². The second kappa shape index (κ2) is 6.67. The number of nitrogens with two attached hydrogens (primary N) is 2. The van der Waals surface area contributed by atoms with Gasteiger partial charge in [-0.05, 0) is 19.1 Å². The third-order valence-corrected chi connectivity index (χ3v) is 6.19. The SMILES string of the molecule is CC1(O)C(OC(=O)c2cccc(Cl)c2F)CN2C(N)=NC(CO)C3N=C(N)N(O)C321. The van der Waals surface area contributed by atoms with Gasteiger partial charge in [-0.15, -0.1) is 0 Å². The molecule has 11 nitrogen and oxygen atoms in total. The number of aliphatic hydroxyl groups is 2. The van der Waals surface area contributed by atoms with Crippen molar-refractivity contribution in [2.24, 2.45) is 21.5 Å². The highest BCUT2D eigenvalue weighted by Crippen LogP contribution is 2.50. The average molecular weight is 443 g/mol. The molecule has 5 unspecified atom stereocenters. The summed E-state index contributed by atoms with van der Waals surface area (Å²) in [6, 6.07) is 1.90. The maximum absolute atomic E-state index is 14.2. The molecule has 0 bridgehead atoms. The monoisotopic (exact) mass is 442 g/mol. The number of guanidine groups is 2. The molecule has 162 valence electrons. The third kappa shape index (κ3) is 2.44. The van der Waals surface area contributed by atoms with Gasteiger partial charge >= 0.3 is 5.97 Å². The van der Waals surface area contributed by atoms with Gasteiger partial charge in [-0.2, -0.15) is 5.06 Å². The van der Waals surface area contributed by atoms with Crippen LogP contribution in [0.2, 0.25) is 5.02 Å². The van der Waals surface area contributed by atoms with E-state index in [0.29, 0.717) is 5.06 Å². The van der Waals surface area contributed by atoms with Gasteiger partial charge in [-0.25, -0.2) is 19.2 Å². The van der Waals surface area contributed by atoms with Crippen molar-refractivity contribution in [3.63, 3.8) is 0 Å². The van der Waals surface area contributed by atoms with Crippen molar-refractivity contribution in [2.45, 2.75) is 36.4 Å². The molecule has 1 saturated heterocycles. The lowest BCUT2D eigenvalue weighted by atomic mass is 9.79. The Bertz CT molecular complexity index is 974. The van der Waals surface area contributed by atoms with Crippen LogP contribution in [0.3, 0.4) is 0 Å². The maximum Gasteiger partial charge on any atom is 0.341 e. The van der Waals surface area contributed by atoms with Gasteiger partial charge < -0.3 is 31.3 Å². The minimum Gasteiger partial charge on any atom is -0.454 e. The van der Waals surface area contributed by atoms with E-state index in [-0.39, 0.29) is 23.5 Å². The van der Waals surface area contributed by atoms with Crippen LogP contribution in [0, 0.1) is 5.82 Å². The molecule has 3 aliphatic rings. The van der Waals surface area contributed by atoms with E-state index in [1.165, 1.54) is 30.0 Å². The van der Waals surface area contributed by atoms with E-state index in [1.54, 1.807) is 0 Å². The number of carbonyl (C=O) groups is 1. The third-order valence-electron chi connectivity index (χ3n) is 5.90. The number of hydrogen-bond donors (Lipinski definition) is 5. The molecule has 3 aliphatic heterocycles. The molecule has 1 fully saturated rings. The van der Waals surface area contributed by atoms with Crippen molar-refractivity contribution in [1.29, 1.82) is 0 Å². The summed E-state index contributed by atoms with van der Waals surface area (Å²) in [5.41, 5.74) is 7.57. The molecule has 3 heterocycles. The van der Waals surface area contributed by atoms with Crippen LogP contribution in [0.5, 0.6) is 0 Å². The summed E-state index contributed by atoms with van der Waals surface area (Å²) in [5, 5.41) is 32.2. The van der Waals surface area contributed by atoms with Gasteiger partial charge in [0, 0.05) is 0 Å². The van der Waals surface area contributed by atoms with Gasteiger partial charge in [0.2, 0.25) is 11.6 Å². The Balaban J connectivity index is 1.74. The Kier molecular flexibility index (Phi) is 4.58. The van der Waals surface area contributed by atoms with E-state index >= 15 is 0 Å². The number of carbonyl (C=O) groups excluding carboxylic acids is 1. The number of hydroxylamine groups is 2. The number of rotatable bonds is 3. The number of halogens is 2. The first-order chi connectivity index (χ1) is 14.1. The zero-order valence-corrected chi connectivity index (χ0v) is 16.5. The van der Waals surface area contributed by atoms with E-state index in [0.717, 1.165) is 0 Å². The Morgan fingerprint density at radius 1 is 1.40 bits per heavy atom. The van der Waals surface area contributed by atoms with E-state index in [1.807, 2.05) is 0 Å². The van der Waals surface area contributed by atoms with Crippen LogP contribution in [0.4, 0.5) is 4.39 Å². The summed E-state index contributed by atoms with van der Waals surface area (Å²) in [6.07, 6.45) is -1.30. The number of esters is 1. The van der Waals surface area contributed by atoms with E-state index in [4.69, 9.17) is 27.8 Å². The lowest BCUT2D eigenvalue weighted by Crippen LogP contribution is -2.76. The number of nitrogens with zero attached hydrogens (tertiary/aromatic N) is 4. The highest BCUT2D eigenvalue weighted by molar-refractivity contribution is 6.31. The van der Waals surface area contributed by atoms with Crippen LogP contribution in [0.25, 0.3) is 0 Å². The predicted octanol–water partition coefficient (Wildman–Crippen LogP) is -1.16. The summed E-state index contributed by atoms with van der Waals surface area (Å²) in [4.78, 5) is 22.2. The lowest BCUT2D eigenvalue weighted by Gasteiger charge is -2.51. The second-order valence-corrected chi connectivity index (χ2v) is 7.87. The first-order valence-electron chi connectivity index (χ1n) is 8.98. The molecule has 0 saturated carbocycles. The normalized spacial score (nSPS) is 34.9. The van der Waals surface area contributed by atoms with Gasteiger partial charge in [-0.1, -0.05) is 17.7 Å². The van der Waals surface area contributed by atoms with Crippen LogP contribution in [-0.4, -0.2) is 85.9 Å². The van der Waals surface area contributed by atoms with Crippen molar-refractivity contribution >= 4 is 29.5 Å². The minimum atomic E-state index is -2.02. The van der Waals surface area contributed by atoms with Crippen molar-refractivity contribution in [1.82, 2.24) is 9.96 Å². The Labute approximate surface area is 174 Å². The number of ether oxygens (including phenoxy) is 1. The summed E-state index contributed by atoms with van der Waals surface area (Å²) in [7, 11) is 0. The van der Waals surface area contributed by atoms with Gasteiger partial charge in [0.15, 0.2) is 17.9 Å². The molecule has 1 aromatic rings. The van der Waals surface area contributed by atoms with Gasteiger partial charge in [0.25, 0.3) is 0 Å². The van der Waals surface area contributed by atoms with Gasteiger partial charge in [-0.3, -0.25) is 5.21 Å². The molecule has 0 aliphatic carbocycles. The summed E-state index contributed by atoms with van der Waals surface area (Å²) < 4.78 is 19.7. The Morgan fingerprint density at radius 3 is 2.77 bits per heavy atom. The lowest BCUT2D eigenvalue weighted by molar-refractivity contribution is -0.228. The summed E-state index contributed by atoms with van der Waals surface area (Å²) in [6.45, 7) is 0.612. The van der Waals surface area contributed by atoms with Crippen LogP contribution in [-0.2, 0) is 4.74 Å². The number of benzene rings is 1. The van der Waals surface area contributed by atoms with Gasteiger partial charge in [0.1, 0.15) is 17.7 Å². The molecule has 13 heteroatoms. The van der Waals surface area contributed by atoms with E-state index in [9.17, 15) is 24.6 Å². The highest BCUT2D eigenvalue weighted by Gasteiger charge is 2.75. The van der Waals surface area contributed by atoms with Crippen LogP contribution in [0.15, 0.2) is 28.2 Å². The Morgan fingerprint density at radius 2 is 2.10 bits per heavy atom. The molecular formula is C17H20ClFN6O5. The first-order valence-corrected chi connectivity index (χ1v) is 9.36. The largest absolute Gasteiger partial charge is 0.454 e. The zero-order valence-electron chi connectivity index (χ0n) is 15.7. The smallest absolute Gasteiger partial charge is 0.341 e. The minimum absolute atomic E-state index is 0.123. The molecule has 4 rings (SSSR count). The van der Waals surface area contributed by atoms with Crippen molar-refractivity contribution in [3.05, 3.63) is 34.6 Å². The molecular weight excluding hydrogens is 423 g/mol. The predicted molar refractivity (Wildman–Crippen MR) is 102 cm³/mol. The fraction of sp³-hybridized carbons (Fsp3) is 0.471. The molecule has 1 spiro atoms. The zero-order chi connectivity index (χ0) is 22.0. The average Bonchev–Trinajstić information content (AvgIpc) is 3.10. The summed E-state index contributed by atoms with van der Waals surface area (Å²) >= 11 is 5.72. The molecule has 7 N–H and O–H groups in total. The van der Waals surface area contributed by atoms with Crippen molar-refractivity contribution < 1.29 is 29.3 Å². The highest BCUT2D eigenvalue weighted by atomic mass is 35.5. The molecule has 5 atom stereocenters. The van der Waals surface area contributed by atoms with Crippen LogP contribution in [0.1, 0.15) is 17.3 Å². The Hall–Kier alpha value is -2.67. The van der Waals surface area contributed by atoms with Crippen molar-refractivity contribution in [2.75, 3.05) is 13.2 Å². The van der Waals surface area contributed by atoms with Crippen LogP contribution >= 0.6 is 11.6 Å². The quantitative estimate of drug-likeness (QED) is 0.362. The first kappa shape index (κ1) is 20.6. The van der Waals surface area contributed by atoms with Crippen molar-refractivity contribution in [3.8, 4) is 0 Å². The van der Waals surface area contributed by atoms with E-state index < -0.39 is 53.4 Å². The summed E-state index contributed by atoms with van der Waals surface area (Å²) in [5.74, 6) is -2.49. The topological polar surface area (TPSA) is 170 Å². The fourth-order valence-corrected chi connectivity index (χ4v) is 4.62. The fourth-order valence-electron chi connectivity index (χ4n) is 4.45. The molecule has 0 radical (unpaired) electrons. The standard InChI is InChI=1S/C17H20ClFN6O5/c1-16(28)10(30-13(27)7-3-2-4-8(18)11(7)19)5-24-14(20)22-9(6-26)12-17(16,24)25(29)15(21)23-12/h2-4,9-10,12,26,28-29H,5-6H2,1H3,(H2,20,22)(H2,21,23). The number of hydrogen-bond acceptors (Lipinski definition) is 11.